The van der Waals surface area contributed by atoms with Gasteiger partial charge in [0, 0.05) is 11.8 Å². The zero-order valence-corrected chi connectivity index (χ0v) is 16.3. The monoisotopic (exact) mass is 417 g/mol. The first-order valence-electron chi connectivity index (χ1n) is 9.12. The normalized spacial score (nSPS) is 12.7. The van der Waals surface area contributed by atoms with E-state index in [1.807, 2.05) is 0 Å². The van der Waals surface area contributed by atoms with Gasteiger partial charge in [-0.2, -0.15) is 4.98 Å². The van der Waals surface area contributed by atoms with Crippen molar-refractivity contribution in [3.05, 3.63) is 80.5 Å². The van der Waals surface area contributed by atoms with E-state index in [1.54, 1.807) is 11.5 Å². The molecule has 0 atom stereocenters. The van der Waals surface area contributed by atoms with Gasteiger partial charge in [-0.05, 0) is 36.2 Å². The second-order valence-corrected chi connectivity index (χ2v) is 6.92. The Morgan fingerprint density at radius 3 is 2.67 bits per heavy atom. The highest BCUT2D eigenvalue weighted by Crippen LogP contribution is 2.29. The molecule has 2 aromatic carbocycles. The number of hydrogen-bond donors (Lipinski definition) is 1. The van der Waals surface area contributed by atoms with E-state index in [0.717, 1.165) is 12.1 Å². The van der Waals surface area contributed by atoms with E-state index >= 15 is 0 Å². The van der Waals surface area contributed by atoms with Gasteiger partial charge < -0.3 is 19.4 Å². The van der Waals surface area contributed by atoms with Crippen LogP contribution in [0.25, 0.3) is 0 Å². The van der Waals surface area contributed by atoms with Crippen LogP contribution in [0.2, 0.25) is 0 Å². The van der Waals surface area contributed by atoms with Gasteiger partial charge in [-0.3, -0.25) is 4.79 Å². The van der Waals surface area contributed by atoms with Crippen LogP contribution < -0.4 is 15.6 Å². The first-order valence-corrected chi connectivity index (χ1v) is 9.12. The molecule has 2 heterocycles. The molecule has 0 aliphatic carbocycles. The first-order chi connectivity index (χ1) is 14.4. The number of rotatable bonds is 5. The Hall–Kier alpha value is -3.33. The van der Waals surface area contributed by atoms with Crippen molar-refractivity contribution in [1.82, 2.24) is 9.55 Å². The minimum atomic E-state index is -0.975. The fourth-order valence-corrected chi connectivity index (χ4v) is 3.35. The van der Waals surface area contributed by atoms with Gasteiger partial charge in [-0.1, -0.05) is 6.07 Å². The lowest BCUT2D eigenvalue weighted by atomic mass is 10.1. The molecule has 3 aromatic rings. The minimum Gasteiger partial charge on any atom is -0.494 e. The number of benzene rings is 2. The van der Waals surface area contributed by atoms with Crippen LogP contribution in [0.3, 0.4) is 0 Å². The van der Waals surface area contributed by atoms with Crippen molar-refractivity contribution in [3.8, 4) is 5.75 Å². The summed E-state index contributed by atoms with van der Waals surface area (Å²) in [6.45, 7) is 2.14. The third-order valence-electron chi connectivity index (χ3n) is 4.95. The van der Waals surface area contributed by atoms with Crippen LogP contribution in [0.15, 0.2) is 35.1 Å². The SMILES string of the molecule is COc1cc(C)c(Nc2nc(=O)c3c(n2Cc2ccc(F)c(F)c2)COC3)cc1F. The number of nitrogens with one attached hydrogen (secondary N) is 1. The van der Waals surface area contributed by atoms with Gasteiger partial charge in [-0.25, -0.2) is 13.2 Å². The number of methoxy groups -OCH3 is 1. The van der Waals surface area contributed by atoms with E-state index in [9.17, 15) is 18.0 Å². The molecule has 1 N–H and O–H groups in total. The Morgan fingerprint density at radius 1 is 1.13 bits per heavy atom. The molecule has 1 aromatic heterocycles. The van der Waals surface area contributed by atoms with Gasteiger partial charge in [0.1, 0.15) is 0 Å². The molecule has 4 rings (SSSR count). The van der Waals surface area contributed by atoms with Crippen LogP contribution in [0, 0.1) is 24.4 Å². The number of hydrogen-bond acceptors (Lipinski definition) is 5. The maximum absolute atomic E-state index is 14.2. The molecule has 0 saturated carbocycles. The summed E-state index contributed by atoms with van der Waals surface area (Å²) in [6, 6.07) is 6.32. The van der Waals surface area contributed by atoms with Crippen molar-refractivity contribution in [1.29, 1.82) is 0 Å². The number of halogens is 3. The molecule has 0 radical (unpaired) electrons. The molecule has 6 nitrogen and oxygen atoms in total. The number of ether oxygens (including phenoxy) is 2. The van der Waals surface area contributed by atoms with Gasteiger partial charge in [0.2, 0.25) is 5.95 Å². The highest BCUT2D eigenvalue weighted by atomic mass is 19.2. The van der Waals surface area contributed by atoms with E-state index in [-0.39, 0.29) is 31.5 Å². The van der Waals surface area contributed by atoms with Gasteiger partial charge >= 0.3 is 0 Å². The summed E-state index contributed by atoms with van der Waals surface area (Å²) in [5.41, 5.74) is 2.04. The van der Waals surface area contributed by atoms with Crippen molar-refractivity contribution in [2.45, 2.75) is 26.7 Å². The Bertz CT molecular complexity index is 1190. The quantitative estimate of drug-likeness (QED) is 0.684. The van der Waals surface area contributed by atoms with Crippen LogP contribution in [0.4, 0.5) is 24.8 Å². The topological polar surface area (TPSA) is 65.4 Å². The Kier molecular flexibility index (Phi) is 5.21. The zero-order chi connectivity index (χ0) is 21.4. The fraction of sp³-hybridized carbons (Fsp3) is 0.238. The van der Waals surface area contributed by atoms with Crippen molar-refractivity contribution in [2.24, 2.45) is 0 Å². The molecule has 30 heavy (non-hydrogen) atoms. The molecule has 1 aliphatic rings. The molecule has 0 saturated heterocycles. The summed E-state index contributed by atoms with van der Waals surface area (Å²) in [5, 5.41) is 2.98. The van der Waals surface area contributed by atoms with Crippen LogP contribution in [-0.4, -0.2) is 16.7 Å². The summed E-state index contributed by atoms with van der Waals surface area (Å²) in [4.78, 5) is 16.5. The average molecular weight is 417 g/mol. The van der Waals surface area contributed by atoms with Crippen molar-refractivity contribution >= 4 is 11.6 Å². The Balaban J connectivity index is 1.80. The summed E-state index contributed by atoms with van der Waals surface area (Å²) >= 11 is 0. The van der Waals surface area contributed by atoms with Crippen molar-refractivity contribution in [3.63, 3.8) is 0 Å². The highest BCUT2D eigenvalue weighted by Gasteiger charge is 2.23. The molecule has 0 spiro atoms. The number of fused-ring (bicyclic) bond motifs is 1. The minimum absolute atomic E-state index is 0.0903. The van der Waals surface area contributed by atoms with Gasteiger partial charge in [-0.15, -0.1) is 0 Å². The van der Waals surface area contributed by atoms with Gasteiger partial charge in [0.15, 0.2) is 23.2 Å². The molecular weight excluding hydrogens is 399 g/mol. The molecular formula is C21H18F3N3O3. The first kappa shape index (κ1) is 20.0. The summed E-state index contributed by atoms with van der Waals surface area (Å²) in [5.74, 6) is -2.27. The van der Waals surface area contributed by atoms with E-state index in [2.05, 4.69) is 10.3 Å². The zero-order valence-electron chi connectivity index (χ0n) is 16.3. The predicted molar refractivity (Wildman–Crippen MR) is 103 cm³/mol. The van der Waals surface area contributed by atoms with Crippen LogP contribution in [0.5, 0.6) is 5.75 Å². The Morgan fingerprint density at radius 2 is 1.93 bits per heavy atom. The lowest BCUT2D eigenvalue weighted by molar-refractivity contribution is 0.131. The third kappa shape index (κ3) is 3.63. The van der Waals surface area contributed by atoms with Crippen molar-refractivity contribution in [2.75, 3.05) is 12.4 Å². The smallest absolute Gasteiger partial charge is 0.280 e. The highest BCUT2D eigenvalue weighted by molar-refractivity contribution is 5.61. The molecule has 0 amide bonds. The maximum Gasteiger partial charge on any atom is 0.280 e. The second-order valence-electron chi connectivity index (χ2n) is 6.92. The summed E-state index contributed by atoms with van der Waals surface area (Å²) in [6.07, 6.45) is 0. The number of anilines is 2. The maximum atomic E-state index is 14.2. The lowest BCUT2D eigenvalue weighted by Gasteiger charge is -2.19. The predicted octanol–water partition coefficient (Wildman–Crippen LogP) is 3.80. The largest absolute Gasteiger partial charge is 0.494 e. The lowest BCUT2D eigenvalue weighted by Crippen LogP contribution is -2.23. The molecule has 156 valence electrons. The summed E-state index contributed by atoms with van der Waals surface area (Å²) < 4.78 is 53.2. The second kappa shape index (κ2) is 7.83. The average Bonchev–Trinajstić information content (AvgIpc) is 3.20. The number of aromatic nitrogens is 2. The van der Waals surface area contributed by atoms with E-state index < -0.39 is 23.0 Å². The van der Waals surface area contributed by atoms with Crippen LogP contribution >= 0.6 is 0 Å². The van der Waals surface area contributed by atoms with E-state index in [4.69, 9.17) is 9.47 Å². The van der Waals surface area contributed by atoms with Gasteiger partial charge in [0.05, 0.1) is 38.1 Å². The van der Waals surface area contributed by atoms with E-state index in [0.29, 0.717) is 28.1 Å². The molecule has 0 unspecified atom stereocenters. The molecule has 9 heteroatoms. The third-order valence-corrected chi connectivity index (χ3v) is 4.95. The summed E-state index contributed by atoms with van der Waals surface area (Å²) in [7, 11) is 1.37. The van der Waals surface area contributed by atoms with Crippen molar-refractivity contribution < 1.29 is 22.6 Å². The molecule has 0 bridgehead atoms. The van der Waals surface area contributed by atoms with Crippen LogP contribution in [0.1, 0.15) is 22.4 Å². The Labute approximate surface area is 169 Å². The van der Waals surface area contributed by atoms with Crippen LogP contribution in [-0.2, 0) is 24.5 Å². The molecule has 1 aliphatic heterocycles. The molecule has 0 fully saturated rings. The fourth-order valence-electron chi connectivity index (χ4n) is 3.35. The standard InChI is InChI=1S/C21H18F3N3O3/c1-11-5-19(29-2)16(24)7-17(11)25-21-26-20(28)13-9-30-10-18(13)27(21)8-12-3-4-14(22)15(23)6-12/h3-7H,8-10H2,1-2H3,(H,25,26,28). The van der Waals surface area contributed by atoms with E-state index in [1.165, 1.54) is 25.3 Å². The number of nitrogens with zero attached hydrogens (tertiary/aromatic N) is 2. The van der Waals surface area contributed by atoms with Gasteiger partial charge in [0.25, 0.3) is 5.56 Å². The number of aryl methyl sites for hydroxylation is 1.